The largest absolute Gasteiger partial charge is 0.504 e. The van der Waals surface area contributed by atoms with E-state index in [0.717, 1.165) is 11.1 Å². The molecule has 0 fully saturated rings. The van der Waals surface area contributed by atoms with Crippen molar-refractivity contribution in [2.75, 3.05) is 26.1 Å². The molecule has 0 radical (unpaired) electrons. The number of rotatable bonds is 4. The zero-order chi connectivity index (χ0) is 14.5. The summed E-state index contributed by atoms with van der Waals surface area (Å²) in [6, 6.07) is 13.6. The minimum Gasteiger partial charge on any atom is -0.504 e. The predicted octanol–water partition coefficient (Wildman–Crippen LogP) is 3.64. The van der Waals surface area contributed by atoms with Gasteiger partial charge in [0.25, 0.3) is 0 Å². The second-order valence-electron chi connectivity index (χ2n) is 4.75. The van der Waals surface area contributed by atoms with Crippen molar-refractivity contribution in [3.05, 3.63) is 53.6 Å². The van der Waals surface area contributed by atoms with Gasteiger partial charge in [0, 0.05) is 19.8 Å². The summed E-state index contributed by atoms with van der Waals surface area (Å²) in [6.07, 6.45) is 3.98. The standard InChI is InChI=1S/C17H19NO2/c1-18(2)15-9-6-13(7-10-15)4-5-14-8-11-17(20-3)16(19)12-14/h4-12,19H,1-3H3. The first kappa shape index (κ1) is 14.0. The molecule has 0 heterocycles. The maximum absolute atomic E-state index is 9.72. The van der Waals surface area contributed by atoms with E-state index in [1.54, 1.807) is 12.1 Å². The number of ether oxygens (including phenoxy) is 1. The average Bonchev–Trinajstić information content (AvgIpc) is 2.45. The third-order valence-electron chi connectivity index (χ3n) is 3.08. The molecule has 3 nitrogen and oxygen atoms in total. The highest BCUT2D eigenvalue weighted by atomic mass is 16.5. The molecule has 20 heavy (non-hydrogen) atoms. The van der Waals surface area contributed by atoms with Gasteiger partial charge in [0.2, 0.25) is 0 Å². The smallest absolute Gasteiger partial charge is 0.160 e. The molecule has 0 aliphatic heterocycles. The first-order valence-electron chi connectivity index (χ1n) is 6.42. The number of phenols is 1. The van der Waals surface area contributed by atoms with E-state index in [9.17, 15) is 5.11 Å². The third-order valence-corrected chi connectivity index (χ3v) is 3.08. The number of nitrogens with zero attached hydrogens (tertiary/aromatic N) is 1. The Kier molecular flexibility index (Phi) is 4.31. The van der Waals surface area contributed by atoms with Gasteiger partial charge in [-0.05, 0) is 35.4 Å². The lowest BCUT2D eigenvalue weighted by Crippen LogP contribution is -2.07. The van der Waals surface area contributed by atoms with E-state index in [-0.39, 0.29) is 5.75 Å². The third kappa shape index (κ3) is 3.32. The molecule has 2 rings (SSSR count). The average molecular weight is 269 g/mol. The van der Waals surface area contributed by atoms with Gasteiger partial charge in [0.15, 0.2) is 11.5 Å². The second kappa shape index (κ2) is 6.15. The van der Waals surface area contributed by atoms with Gasteiger partial charge in [0.05, 0.1) is 7.11 Å². The van der Waals surface area contributed by atoms with E-state index in [1.165, 1.54) is 12.8 Å². The summed E-state index contributed by atoms with van der Waals surface area (Å²) in [5.74, 6) is 0.634. The molecular weight excluding hydrogens is 250 g/mol. The van der Waals surface area contributed by atoms with Crippen LogP contribution in [0.2, 0.25) is 0 Å². The summed E-state index contributed by atoms with van der Waals surface area (Å²) >= 11 is 0. The van der Waals surface area contributed by atoms with Crippen molar-refractivity contribution >= 4 is 17.8 Å². The van der Waals surface area contributed by atoms with Crippen molar-refractivity contribution < 1.29 is 9.84 Å². The topological polar surface area (TPSA) is 32.7 Å². The van der Waals surface area contributed by atoms with Crippen molar-refractivity contribution in [1.29, 1.82) is 0 Å². The Labute approximate surface area is 119 Å². The fourth-order valence-electron chi connectivity index (χ4n) is 1.89. The fourth-order valence-corrected chi connectivity index (χ4v) is 1.89. The van der Waals surface area contributed by atoms with Gasteiger partial charge in [-0.15, -0.1) is 0 Å². The lowest BCUT2D eigenvalue weighted by Gasteiger charge is -2.11. The van der Waals surface area contributed by atoms with Crippen LogP contribution >= 0.6 is 0 Å². The van der Waals surface area contributed by atoms with Crippen LogP contribution in [0, 0.1) is 0 Å². The van der Waals surface area contributed by atoms with Crippen molar-refractivity contribution in [1.82, 2.24) is 0 Å². The number of phenolic OH excluding ortho intramolecular Hbond substituents is 1. The molecule has 104 valence electrons. The summed E-state index contributed by atoms with van der Waals surface area (Å²) in [7, 11) is 5.58. The van der Waals surface area contributed by atoms with Crippen molar-refractivity contribution in [2.45, 2.75) is 0 Å². The Morgan fingerprint density at radius 3 is 2.10 bits per heavy atom. The van der Waals surface area contributed by atoms with Crippen LogP contribution < -0.4 is 9.64 Å². The van der Waals surface area contributed by atoms with Crippen LogP contribution in [0.15, 0.2) is 42.5 Å². The molecule has 0 bridgehead atoms. The minimum absolute atomic E-state index is 0.151. The molecule has 0 aliphatic carbocycles. The molecule has 0 saturated heterocycles. The normalized spacial score (nSPS) is 10.8. The van der Waals surface area contributed by atoms with Crippen LogP contribution in [0.1, 0.15) is 11.1 Å². The molecular formula is C17H19NO2. The molecule has 0 spiro atoms. The molecule has 0 atom stereocenters. The van der Waals surface area contributed by atoms with Gasteiger partial charge in [-0.3, -0.25) is 0 Å². The fraction of sp³-hybridized carbons (Fsp3) is 0.176. The van der Waals surface area contributed by atoms with E-state index in [4.69, 9.17) is 4.74 Å². The van der Waals surface area contributed by atoms with Crippen molar-refractivity contribution in [3.8, 4) is 11.5 Å². The van der Waals surface area contributed by atoms with E-state index in [2.05, 4.69) is 29.2 Å². The quantitative estimate of drug-likeness (QED) is 0.860. The van der Waals surface area contributed by atoms with Crippen LogP contribution in [-0.4, -0.2) is 26.3 Å². The highest BCUT2D eigenvalue weighted by Crippen LogP contribution is 2.27. The summed E-state index contributed by atoms with van der Waals surface area (Å²) in [5.41, 5.74) is 3.22. The molecule has 0 aromatic heterocycles. The van der Waals surface area contributed by atoms with Crippen LogP contribution in [0.5, 0.6) is 11.5 Å². The van der Waals surface area contributed by atoms with Gasteiger partial charge in [-0.1, -0.05) is 30.4 Å². The maximum atomic E-state index is 9.72. The summed E-state index contributed by atoms with van der Waals surface area (Å²) in [4.78, 5) is 2.06. The van der Waals surface area contributed by atoms with Gasteiger partial charge >= 0.3 is 0 Å². The van der Waals surface area contributed by atoms with E-state index < -0.39 is 0 Å². The lowest BCUT2D eigenvalue weighted by atomic mass is 10.1. The monoisotopic (exact) mass is 269 g/mol. The molecule has 0 amide bonds. The van der Waals surface area contributed by atoms with Gasteiger partial charge in [-0.2, -0.15) is 0 Å². The van der Waals surface area contributed by atoms with Crippen LogP contribution in [-0.2, 0) is 0 Å². The van der Waals surface area contributed by atoms with Crippen LogP contribution in [0.3, 0.4) is 0 Å². The first-order valence-corrected chi connectivity index (χ1v) is 6.42. The van der Waals surface area contributed by atoms with Crippen LogP contribution in [0.4, 0.5) is 5.69 Å². The number of aromatic hydroxyl groups is 1. The Morgan fingerprint density at radius 2 is 1.55 bits per heavy atom. The maximum Gasteiger partial charge on any atom is 0.160 e. The second-order valence-corrected chi connectivity index (χ2v) is 4.75. The molecule has 3 heteroatoms. The lowest BCUT2D eigenvalue weighted by molar-refractivity contribution is 0.373. The highest BCUT2D eigenvalue weighted by Gasteiger charge is 2.00. The Hall–Kier alpha value is -2.42. The van der Waals surface area contributed by atoms with E-state index in [1.807, 2.05) is 32.3 Å². The predicted molar refractivity (Wildman–Crippen MR) is 84.4 cm³/mol. The first-order chi connectivity index (χ1) is 9.60. The van der Waals surface area contributed by atoms with Gasteiger partial charge in [0.1, 0.15) is 0 Å². The number of anilines is 1. The van der Waals surface area contributed by atoms with E-state index in [0.29, 0.717) is 5.75 Å². The van der Waals surface area contributed by atoms with Crippen molar-refractivity contribution in [2.24, 2.45) is 0 Å². The van der Waals surface area contributed by atoms with Crippen molar-refractivity contribution in [3.63, 3.8) is 0 Å². The SMILES string of the molecule is COc1ccc(C=Cc2ccc(N(C)C)cc2)cc1O. The molecule has 2 aromatic rings. The van der Waals surface area contributed by atoms with Gasteiger partial charge in [-0.25, -0.2) is 0 Å². The number of hydrogen-bond donors (Lipinski definition) is 1. The number of methoxy groups -OCH3 is 1. The zero-order valence-electron chi connectivity index (χ0n) is 12.0. The summed E-state index contributed by atoms with van der Waals surface area (Å²) in [6.45, 7) is 0. The number of hydrogen-bond acceptors (Lipinski definition) is 3. The Bertz CT molecular complexity index is 601. The van der Waals surface area contributed by atoms with Gasteiger partial charge < -0.3 is 14.7 Å². The number of benzene rings is 2. The molecule has 0 saturated carbocycles. The summed E-state index contributed by atoms with van der Waals surface area (Å²) < 4.78 is 5.02. The highest BCUT2D eigenvalue weighted by molar-refractivity contribution is 5.71. The van der Waals surface area contributed by atoms with Crippen LogP contribution in [0.25, 0.3) is 12.2 Å². The molecule has 2 aromatic carbocycles. The molecule has 0 unspecified atom stereocenters. The molecule has 1 N–H and O–H groups in total. The summed E-state index contributed by atoms with van der Waals surface area (Å²) in [5, 5.41) is 9.72. The zero-order valence-corrected chi connectivity index (χ0v) is 12.0. The molecule has 0 aliphatic rings. The Morgan fingerprint density at radius 1 is 0.950 bits per heavy atom. The van der Waals surface area contributed by atoms with E-state index >= 15 is 0 Å². The minimum atomic E-state index is 0.151. The Balaban J connectivity index is 2.14.